The molecule has 2 aromatic carbocycles. The van der Waals surface area contributed by atoms with Crippen LogP contribution in [-0.4, -0.2) is 25.9 Å². The van der Waals surface area contributed by atoms with E-state index in [1.54, 1.807) is 13.8 Å². The van der Waals surface area contributed by atoms with Gasteiger partial charge in [-0.3, -0.25) is 9.52 Å². The molecule has 8 nitrogen and oxygen atoms in total. The van der Waals surface area contributed by atoms with Crippen molar-refractivity contribution >= 4 is 55.9 Å². The quantitative estimate of drug-likeness (QED) is 0.189. The third kappa shape index (κ3) is 7.07. The molecule has 0 aliphatic heterocycles. The molecule has 0 bridgehead atoms. The van der Waals surface area contributed by atoms with Crippen molar-refractivity contribution in [2.75, 3.05) is 16.6 Å². The molecule has 0 aliphatic carbocycles. The first kappa shape index (κ1) is 28.6. The summed E-state index contributed by atoms with van der Waals surface area (Å²) in [5, 5.41) is 2.35. The van der Waals surface area contributed by atoms with Crippen LogP contribution >= 0.6 is 22.6 Å². The van der Waals surface area contributed by atoms with Crippen LogP contribution in [0, 0.1) is 32.8 Å². The second-order valence-corrected chi connectivity index (χ2v) is 11.1. The van der Waals surface area contributed by atoms with E-state index in [9.17, 15) is 17.6 Å². The topological polar surface area (TPSA) is 126 Å². The van der Waals surface area contributed by atoms with Gasteiger partial charge in [0.2, 0.25) is 0 Å². The molecule has 5 N–H and O–H groups in total. The van der Waals surface area contributed by atoms with Gasteiger partial charge in [-0.1, -0.05) is 13.8 Å². The highest BCUT2D eigenvalue weighted by Gasteiger charge is 2.24. The van der Waals surface area contributed by atoms with E-state index in [1.165, 1.54) is 12.1 Å². The summed E-state index contributed by atoms with van der Waals surface area (Å²) >= 11 is 1.86. The van der Waals surface area contributed by atoms with Gasteiger partial charge in [0.05, 0.1) is 16.9 Å². The van der Waals surface area contributed by atoms with E-state index in [2.05, 4.69) is 15.0 Å². The first-order valence-electron chi connectivity index (χ1n) is 10.7. The molecular weight excluding hydrogens is 629 g/mol. The van der Waals surface area contributed by atoms with Gasteiger partial charge in [0.1, 0.15) is 5.82 Å². The van der Waals surface area contributed by atoms with E-state index in [0.717, 1.165) is 24.4 Å². The maximum Gasteiger partial charge on any atom is 0.300 e. The predicted molar refractivity (Wildman–Crippen MR) is 140 cm³/mol. The second-order valence-electron chi connectivity index (χ2n) is 8.36. The number of aromatic nitrogens is 1. The number of anilines is 3. The highest BCUT2D eigenvalue weighted by atomic mass is 127. The molecule has 14 heteroatoms. The summed E-state index contributed by atoms with van der Waals surface area (Å²) in [5.74, 6) is -6.68. The van der Waals surface area contributed by atoms with Gasteiger partial charge < -0.3 is 11.1 Å². The summed E-state index contributed by atoms with van der Waals surface area (Å²) < 4.78 is 88.4. The normalized spacial score (nSPS) is 11.6. The number of nitrogens with zero attached hydrogens (tertiary/aromatic N) is 1. The predicted octanol–water partition coefficient (Wildman–Crippen LogP) is 4.58. The largest absolute Gasteiger partial charge is 0.366 e. The van der Waals surface area contributed by atoms with Gasteiger partial charge in [0.25, 0.3) is 16.1 Å². The zero-order chi connectivity index (χ0) is 27.5. The van der Waals surface area contributed by atoms with E-state index in [4.69, 9.17) is 5.73 Å². The van der Waals surface area contributed by atoms with Gasteiger partial charge in [0.15, 0.2) is 23.3 Å². The summed E-state index contributed by atoms with van der Waals surface area (Å²) in [7, 11) is -4.15. The van der Waals surface area contributed by atoms with Gasteiger partial charge >= 0.3 is 0 Å². The van der Waals surface area contributed by atoms with Crippen molar-refractivity contribution in [2.24, 2.45) is 11.7 Å². The van der Waals surface area contributed by atoms with Crippen molar-refractivity contribution in [1.82, 2.24) is 9.71 Å². The summed E-state index contributed by atoms with van der Waals surface area (Å²) in [6, 6.07) is 5.99. The van der Waals surface area contributed by atoms with Crippen LogP contribution < -0.4 is 20.5 Å². The van der Waals surface area contributed by atoms with Gasteiger partial charge in [-0.05, 0) is 70.0 Å². The van der Waals surface area contributed by atoms with Crippen molar-refractivity contribution in [3.63, 3.8) is 0 Å². The Labute approximate surface area is 224 Å². The fourth-order valence-corrected chi connectivity index (χ4v) is 4.66. The third-order valence-electron chi connectivity index (χ3n) is 5.00. The Hall–Kier alpha value is -2.98. The molecule has 37 heavy (non-hydrogen) atoms. The van der Waals surface area contributed by atoms with Gasteiger partial charge in [0, 0.05) is 22.7 Å². The van der Waals surface area contributed by atoms with Gasteiger partial charge in [-0.2, -0.15) is 13.1 Å². The number of pyridine rings is 1. The molecule has 0 unspecified atom stereocenters. The van der Waals surface area contributed by atoms with Crippen LogP contribution in [0.15, 0.2) is 36.5 Å². The van der Waals surface area contributed by atoms with E-state index in [-0.39, 0.29) is 23.7 Å². The maximum atomic E-state index is 15.1. The fourth-order valence-electron chi connectivity index (χ4n) is 3.19. The minimum Gasteiger partial charge on any atom is -0.366 e. The number of primary amides is 1. The Morgan fingerprint density at radius 2 is 1.76 bits per heavy atom. The standard InChI is InChI=1S/C23H22F4IN5O3S/c1-11(2)10-31-37(35,36)33-23-19(26)12(5-6-30-23)7-13-8-15(22(29)34)21(20(27)18(13)25)32-17-4-3-14(28)9-16(17)24/h3-6,8-9,11,31-32H,7,10H2,1-2H3,(H2,29,34)(H,30,33). The highest BCUT2D eigenvalue weighted by molar-refractivity contribution is 14.1. The van der Waals surface area contributed by atoms with Gasteiger partial charge in [-0.15, -0.1) is 0 Å². The van der Waals surface area contributed by atoms with E-state index >= 15 is 13.2 Å². The molecule has 1 amide bonds. The lowest BCUT2D eigenvalue weighted by Crippen LogP contribution is -2.33. The van der Waals surface area contributed by atoms with Crippen LogP contribution in [0.4, 0.5) is 34.8 Å². The lowest BCUT2D eigenvalue weighted by Gasteiger charge is -2.16. The molecular formula is C23H22F4IN5O3S. The number of carbonyl (C=O) groups is 1. The van der Waals surface area contributed by atoms with E-state index < -0.39 is 68.4 Å². The van der Waals surface area contributed by atoms with Crippen LogP contribution in [-0.2, 0) is 16.6 Å². The van der Waals surface area contributed by atoms with Gasteiger partial charge in [-0.25, -0.2) is 22.5 Å². The fraction of sp³-hybridized carbons (Fsp3) is 0.217. The van der Waals surface area contributed by atoms with Crippen LogP contribution in [0.5, 0.6) is 0 Å². The third-order valence-corrected chi connectivity index (χ3v) is 6.68. The number of hydrogen-bond acceptors (Lipinski definition) is 5. The number of carbonyl (C=O) groups excluding carboxylic acids is 1. The zero-order valence-electron chi connectivity index (χ0n) is 19.5. The maximum absolute atomic E-state index is 15.1. The molecule has 0 radical (unpaired) electrons. The molecule has 1 heterocycles. The SMILES string of the molecule is CC(C)CNS(=O)(=O)Nc1nccc(Cc2cc(C(N)=O)c(Nc3ccc(I)cc3F)c(F)c2F)c1F. The van der Waals surface area contributed by atoms with Crippen LogP contribution in [0.3, 0.4) is 0 Å². The molecule has 0 atom stereocenters. The van der Waals surface area contributed by atoms with Crippen molar-refractivity contribution in [3.05, 3.63) is 80.1 Å². The highest BCUT2D eigenvalue weighted by Crippen LogP contribution is 2.32. The lowest BCUT2D eigenvalue weighted by atomic mass is 10.00. The van der Waals surface area contributed by atoms with Crippen LogP contribution in [0.1, 0.15) is 35.3 Å². The zero-order valence-corrected chi connectivity index (χ0v) is 22.5. The van der Waals surface area contributed by atoms with Crippen LogP contribution in [0.25, 0.3) is 0 Å². The number of rotatable bonds is 10. The number of nitrogens with one attached hydrogen (secondary N) is 3. The number of halogens is 5. The van der Waals surface area contributed by atoms with E-state index in [0.29, 0.717) is 3.57 Å². The summed E-state index contributed by atoms with van der Waals surface area (Å²) in [4.78, 5) is 15.7. The molecule has 198 valence electrons. The molecule has 0 spiro atoms. The average molecular weight is 651 g/mol. The summed E-state index contributed by atoms with van der Waals surface area (Å²) in [6.07, 6.45) is 0.501. The summed E-state index contributed by atoms with van der Waals surface area (Å²) in [6.45, 7) is 3.63. The Bertz CT molecular complexity index is 1450. The molecule has 3 aromatic rings. The van der Waals surface area contributed by atoms with Crippen molar-refractivity contribution in [3.8, 4) is 0 Å². The minimum atomic E-state index is -4.15. The van der Waals surface area contributed by atoms with Crippen molar-refractivity contribution in [2.45, 2.75) is 20.3 Å². The Morgan fingerprint density at radius 3 is 2.38 bits per heavy atom. The number of nitrogens with two attached hydrogens (primary N) is 1. The Kier molecular flexibility index (Phi) is 8.96. The molecule has 0 fully saturated rings. The molecule has 0 saturated heterocycles. The lowest BCUT2D eigenvalue weighted by molar-refractivity contribution is 0.100. The number of benzene rings is 2. The number of hydrogen-bond donors (Lipinski definition) is 4. The molecule has 1 aromatic heterocycles. The first-order chi connectivity index (χ1) is 17.3. The molecule has 0 saturated carbocycles. The van der Waals surface area contributed by atoms with Crippen molar-refractivity contribution < 1.29 is 30.8 Å². The number of amides is 1. The smallest absolute Gasteiger partial charge is 0.300 e. The van der Waals surface area contributed by atoms with Crippen LogP contribution in [0.2, 0.25) is 0 Å². The minimum absolute atomic E-state index is 0.0161. The monoisotopic (exact) mass is 651 g/mol. The molecule has 3 rings (SSSR count). The second kappa shape index (κ2) is 11.6. The first-order valence-corrected chi connectivity index (χ1v) is 13.3. The molecule has 0 aliphatic rings. The Balaban J connectivity index is 1.97. The van der Waals surface area contributed by atoms with Crippen molar-refractivity contribution in [1.29, 1.82) is 0 Å². The summed E-state index contributed by atoms with van der Waals surface area (Å²) in [5.41, 5.74) is 3.25. The Morgan fingerprint density at radius 1 is 1.05 bits per heavy atom. The van der Waals surface area contributed by atoms with E-state index in [1.807, 2.05) is 27.3 Å². The average Bonchev–Trinajstić information content (AvgIpc) is 2.81.